The van der Waals surface area contributed by atoms with Crippen molar-refractivity contribution in [2.45, 2.75) is 32.1 Å². The quantitative estimate of drug-likeness (QED) is 0.236. The molecule has 0 spiro atoms. The summed E-state index contributed by atoms with van der Waals surface area (Å²) in [6, 6.07) is 20.1. The molecule has 0 bridgehead atoms. The third-order valence-corrected chi connectivity index (χ3v) is 3.82. The standard InChI is InChI=1S/C15H16N2.2C4H7O.2ClH.Ti/c1-3-8-14(9-4-1)16-12-7-13-17-15-10-5-2-6-11-15;2*1-2-4-5-3-1;;;/h1-6,8-11H,7,12-13H2;2*3H,1-2,4H2;2*1H;/q-2;2*-1;;;+6/p-2. The van der Waals surface area contributed by atoms with Gasteiger partial charge in [0, 0.05) is 13.2 Å². The van der Waals surface area contributed by atoms with E-state index < -0.39 is 17.0 Å². The van der Waals surface area contributed by atoms with Crippen LogP contribution in [-0.2, 0) is 26.5 Å². The SMILES string of the molecule is [CH-]1CCCO1.[CH-]1CCCO1.[Cl][Ti+4][Cl].c1ccc([N-]CCC[N-]c2ccccc2)cc1. The second kappa shape index (κ2) is 21.5. The van der Waals surface area contributed by atoms with Crippen molar-refractivity contribution in [3.05, 3.63) is 84.5 Å². The van der Waals surface area contributed by atoms with E-state index in [1.165, 1.54) is 12.8 Å². The van der Waals surface area contributed by atoms with Crippen LogP contribution in [0, 0.1) is 13.2 Å². The first-order valence-corrected chi connectivity index (χ1v) is 14.4. The topological polar surface area (TPSA) is 46.7 Å². The fourth-order valence-electron chi connectivity index (χ4n) is 2.39. The molecule has 0 N–H and O–H groups in total. The van der Waals surface area contributed by atoms with Gasteiger partial charge in [0.05, 0.1) is 0 Å². The first-order chi connectivity index (χ1) is 14.9. The zero-order valence-corrected chi connectivity index (χ0v) is 20.3. The van der Waals surface area contributed by atoms with E-state index in [-0.39, 0.29) is 0 Å². The van der Waals surface area contributed by atoms with Crippen LogP contribution >= 0.6 is 18.6 Å². The van der Waals surface area contributed by atoms with E-state index in [1.54, 1.807) is 0 Å². The van der Waals surface area contributed by atoms with Gasteiger partial charge in [0.2, 0.25) is 0 Å². The van der Waals surface area contributed by atoms with E-state index in [0.29, 0.717) is 0 Å². The van der Waals surface area contributed by atoms with Crippen LogP contribution in [0.15, 0.2) is 60.7 Å². The molecule has 0 radical (unpaired) electrons. The zero-order valence-electron chi connectivity index (χ0n) is 17.3. The first kappa shape index (κ1) is 27.3. The summed E-state index contributed by atoms with van der Waals surface area (Å²) >= 11 is -0.556. The summed E-state index contributed by atoms with van der Waals surface area (Å²) in [7, 11) is 9.78. The summed E-state index contributed by atoms with van der Waals surface area (Å²) in [6.45, 7) is 7.28. The number of hydrogen-bond acceptors (Lipinski definition) is 2. The van der Waals surface area contributed by atoms with Crippen LogP contribution in [-0.4, -0.2) is 26.3 Å². The number of nitrogens with zero attached hydrogens (tertiary/aromatic N) is 2. The van der Waals surface area contributed by atoms with E-state index in [9.17, 15) is 0 Å². The van der Waals surface area contributed by atoms with Gasteiger partial charge in [0.25, 0.3) is 0 Å². The van der Waals surface area contributed by atoms with Gasteiger partial charge in [0.15, 0.2) is 0 Å². The Balaban J connectivity index is 0.000000279. The predicted molar refractivity (Wildman–Crippen MR) is 124 cm³/mol. The van der Waals surface area contributed by atoms with Gasteiger partial charge < -0.3 is 20.1 Å². The monoisotopic (exact) mass is 484 g/mol. The molecular weight excluding hydrogens is 455 g/mol. The molecule has 162 valence electrons. The molecule has 2 saturated heterocycles. The first-order valence-electron chi connectivity index (χ1n) is 10.1. The fraction of sp³-hybridized carbons (Fsp3) is 0.391. The number of para-hydroxylation sites is 2. The molecule has 0 aromatic heterocycles. The fourth-order valence-corrected chi connectivity index (χ4v) is 2.39. The number of halogens is 2. The largest absolute Gasteiger partial charge is 0.684 e. The minimum atomic E-state index is -0.556. The van der Waals surface area contributed by atoms with Gasteiger partial charge in [-0.15, -0.1) is 24.5 Å². The van der Waals surface area contributed by atoms with E-state index in [4.69, 9.17) is 28.1 Å². The Bertz CT molecular complexity index is 520. The number of rotatable bonds is 6. The van der Waals surface area contributed by atoms with E-state index in [1.807, 2.05) is 73.9 Å². The third-order valence-electron chi connectivity index (χ3n) is 3.82. The molecule has 2 fully saturated rings. The normalized spacial score (nSPS) is 14.3. The summed E-state index contributed by atoms with van der Waals surface area (Å²) in [5.41, 5.74) is 2.10. The Morgan fingerprint density at radius 2 is 1.13 bits per heavy atom. The maximum atomic E-state index is 4.89. The van der Waals surface area contributed by atoms with Crippen molar-refractivity contribution < 1.29 is 26.5 Å². The van der Waals surface area contributed by atoms with Gasteiger partial charge in [-0.3, -0.25) is 0 Å². The minimum Gasteiger partial charge on any atom is -0.684 e. The molecule has 7 heteroatoms. The van der Waals surface area contributed by atoms with E-state index >= 15 is 0 Å². The van der Waals surface area contributed by atoms with Crippen LogP contribution < -0.4 is 0 Å². The van der Waals surface area contributed by atoms with Crippen molar-refractivity contribution in [3.63, 3.8) is 0 Å². The van der Waals surface area contributed by atoms with E-state index in [0.717, 1.165) is 56.9 Å². The zero-order chi connectivity index (χ0) is 21.5. The average Bonchev–Trinajstić information content (AvgIpc) is 3.55. The van der Waals surface area contributed by atoms with Gasteiger partial charge in [-0.1, -0.05) is 79.9 Å². The molecule has 2 aromatic rings. The molecule has 30 heavy (non-hydrogen) atoms. The molecule has 2 aromatic carbocycles. The number of ether oxygens (including phenoxy) is 2. The molecular formula is C23H30Cl2N2O2Ti. The van der Waals surface area contributed by atoms with Gasteiger partial charge in [-0.25, -0.2) is 13.2 Å². The maximum Gasteiger partial charge on any atom is -0.0624 e. The summed E-state index contributed by atoms with van der Waals surface area (Å²) in [6.07, 6.45) is 5.74. The van der Waals surface area contributed by atoms with Gasteiger partial charge >= 0.3 is 35.6 Å². The second-order valence-corrected chi connectivity index (χ2v) is 8.80. The summed E-state index contributed by atoms with van der Waals surface area (Å²) in [5, 5.41) is 8.95. The van der Waals surface area contributed by atoms with Gasteiger partial charge in [-0.05, 0) is 0 Å². The molecule has 2 heterocycles. The maximum absolute atomic E-state index is 4.89. The molecule has 2 aliphatic heterocycles. The molecule has 0 atom stereocenters. The molecule has 0 saturated carbocycles. The Morgan fingerprint density at radius 1 is 0.733 bits per heavy atom. The Labute approximate surface area is 198 Å². The number of hydrogen-bond donors (Lipinski definition) is 0. The van der Waals surface area contributed by atoms with Crippen molar-refractivity contribution in [2.24, 2.45) is 0 Å². The Hall–Kier alpha value is -0.746. The van der Waals surface area contributed by atoms with Crippen LogP contribution in [0.3, 0.4) is 0 Å². The van der Waals surface area contributed by atoms with Crippen molar-refractivity contribution in [1.29, 1.82) is 0 Å². The van der Waals surface area contributed by atoms with Crippen molar-refractivity contribution in [3.8, 4) is 0 Å². The molecule has 0 amide bonds. The number of benzene rings is 2. The van der Waals surface area contributed by atoms with Crippen molar-refractivity contribution in [2.75, 3.05) is 26.3 Å². The van der Waals surface area contributed by atoms with Crippen LogP contribution in [0.5, 0.6) is 0 Å². The van der Waals surface area contributed by atoms with Crippen LogP contribution in [0.2, 0.25) is 0 Å². The smallest absolute Gasteiger partial charge is 0.0624 e. The Kier molecular flexibility index (Phi) is 19.5. The molecule has 4 nitrogen and oxygen atoms in total. The van der Waals surface area contributed by atoms with Crippen LogP contribution in [0.4, 0.5) is 11.4 Å². The third kappa shape index (κ3) is 17.0. The predicted octanol–water partition coefficient (Wildman–Crippen LogP) is 8.08. The van der Waals surface area contributed by atoms with Crippen LogP contribution in [0.1, 0.15) is 32.1 Å². The summed E-state index contributed by atoms with van der Waals surface area (Å²) in [5.74, 6) is 0. The molecule has 0 aliphatic carbocycles. The summed E-state index contributed by atoms with van der Waals surface area (Å²) < 4.78 is 9.64. The molecule has 4 rings (SSSR count). The van der Waals surface area contributed by atoms with E-state index in [2.05, 4.69) is 10.6 Å². The minimum absolute atomic E-state index is 0.556. The second-order valence-electron chi connectivity index (χ2n) is 6.22. The molecule has 2 aliphatic rings. The van der Waals surface area contributed by atoms with Gasteiger partial charge in [0.1, 0.15) is 0 Å². The van der Waals surface area contributed by atoms with Crippen molar-refractivity contribution in [1.82, 2.24) is 0 Å². The average molecular weight is 485 g/mol. The Morgan fingerprint density at radius 3 is 1.40 bits per heavy atom. The summed E-state index contributed by atoms with van der Waals surface area (Å²) in [4.78, 5) is 0. The molecule has 0 unspecified atom stereocenters. The van der Waals surface area contributed by atoms with Crippen LogP contribution in [0.25, 0.3) is 10.6 Å². The van der Waals surface area contributed by atoms with Crippen molar-refractivity contribution >= 4 is 30.0 Å². The van der Waals surface area contributed by atoms with Gasteiger partial charge in [-0.2, -0.15) is 12.8 Å².